The monoisotopic (exact) mass is 300 g/mol. The molecule has 3 rings (SSSR count). The molecule has 1 aliphatic heterocycles. The minimum Gasteiger partial charge on any atom is -0.496 e. The van der Waals surface area contributed by atoms with Crippen LogP contribution in [0.3, 0.4) is 0 Å². The van der Waals surface area contributed by atoms with E-state index in [1.807, 2.05) is 23.1 Å². The smallest absolute Gasteiger partial charge is 0.289 e. The summed E-state index contributed by atoms with van der Waals surface area (Å²) < 4.78 is 10.7. The number of hydrogen-bond acceptors (Lipinski definition) is 4. The van der Waals surface area contributed by atoms with Gasteiger partial charge in [0.05, 0.1) is 19.4 Å². The molecule has 0 spiro atoms. The number of furan rings is 1. The molecule has 1 aromatic carbocycles. The highest BCUT2D eigenvalue weighted by Gasteiger charge is 2.31. The molecule has 1 aromatic heterocycles. The third-order valence-corrected chi connectivity index (χ3v) is 4.17. The van der Waals surface area contributed by atoms with E-state index in [0.717, 1.165) is 17.9 Å². The first-order chi connectivity index (χ1) is 10.7. The average Bonchev–Trinajstić information content (AvgIpc) is 3.09. The molecule has 1 saturated heterocycles. The number of rotatable bonds is 3. The first kappa shape index (κ1) is 14.7. The Morgan fingerprint density at radius 1 is 1.23 bits per heavy atom. The van der Waals surface area contributed by atoms with E-state index >= 15 is 0 Å². The van der Waals surface area contributed by atoms with Crippen LogP contribution in [0.5, 0.6) is 5.75 Å². The van der Waals surface area contributed by atoms with E-state index in [2.05, 4.69) is 18.0 Å². The Labute approximate surface area is 130 Å². The molecule has 116 valence electrons. The van der Waals surface area contributed by atoms with Crippen LogP contribution in [0.2, 0.25) is 0 Å². The van der Waals surface area contributed by atoms with Crippen molar-refractivity contribution in [3.63, 3.8) is 0 Å². The molecule has 2 heterocycles. The molecule has 1 aliphatic rings. The Morgan fingerprint density at radius 2 is 2.05 bits per heavy atom. The molecular weight excluding hydrogens is 280 g/mol. The molecule has 5 nitrogen and oxygen atoms in total. The number of methoxy groups -OCH3 is 1. The van der Waals surface area contributed by atoms with Crippen LogP contribution in [-0.4, -0.2) is 49.5 Å². The van der Waals surface area contributed by atoms with Gasteiger partial charge in [0.2, 0.25) is 0 Å². The number of hydrogen-bond donors (Lipinski definition) is 0. The van der Waals surface area contributed by atoms with Gasteiger partial charge in [-0.3, -0.25) is 9.69 Å². The molecule has 1 fully saturated rings. The molecule has 0 bridgehead atoms. The summed E-state index contributed by atoms with van der Waals surface area (Å²) in [7, 11) is 3.75. The van der Waals surface area contributed by atoms with Gasteiger partial charge in [-0.1, -0.05) is 18.2 Å². The van der Waals surface area contributed by atoms with E-state index in [4.69, 9.17) is 9.15 Å². The van der Waals surface area contributed by atoms with Crippen LogP contribution in [-0.2, 0) is 0 Å². The first-order valence-electron chi connectivity index (χ1n) is 7.36. The number of para-hydroxylation sites is 1. The minimum atomic E-state index is -0.0574. The van der Waals surface area contributed by atoms with E-state index in [9.17, 15) is 4.79 Å². The van der Waals surface area contributed by atoms with Crippen LogP contribution in [0.25, 0.3) is 0 Å². The van der Waals surface area contributed by atoms with Gasteiger partial charge in [-0.2, -0.15) is 0 Å². The number of amides is 1. The highest BCUT2D eigenvalue weighted by Crippen LogP contribution is 2.31. The summed E-state index contributed by atoms with van der Waals surface area (Å²) in [6.45, 7) is 2.13. The Balaban J connectivity index is 1.83. The highest BCUT2D eigenvalue weighted by molar-refractivity contribution is 5.91. The summed E-state index contributed by atoms with van der Waals surface area (Å²) in [5.41, 5.74) is 1.10. The first-order valence-corrected chi connectivity index (χ1v) is 7.36. The number of ether oxygens (including phenoxy) is 1. The Kier molecular flexibility index (Phi) is 4.15. The Morgan fingerprint density at radius 3 is 2.77 bits per heavy atom. The maximum absolute atomic E-state index is 12.5. The average molecular weight is 300 g/mol. The van der Waals surface area contributed by atoms with Gasteiger partial charge in [0.15, 0.2) is 5.76 Å². The summed E-state index contributed by atoms with van der Waals surface area (Å²) in [5.74, 6) is 1.19. The van der Waals surface area contributed by atoms with Crippen molar-refractivity contribution < 1.29 is 13.9 Å². The Hall–Kier alpha value is -2.27. The summed E-state index contributed by atoms with van der Waals surface area (Å²) in [4.78, 5) is 16.6. The molecule has 0 saturated carbocycles. The fraction of sp³-hybridized carbons (Fsp3) is 0.353. The lowest BCUT2D eigenvalue weighted by atomic mass is 10.0. The van der Waals surface area contributed by atoms with Gasteiger partial charge in [0.25, 0.3) is 5.91 Å². The lowest BCUT2D eigenvalue weighted by Crippen LogP contribution is -2.49. The molecule has 0 N–H and O–H groups in total. The second-order valence-electron chi connectivity index (χ2n) is 5.47. The van der Waals surface area contributed by atoms with Gasteiger partial charge in [-0.15, -0.1) is 0 Å². The number of piperazine rings is 1. The van der Waals surface area contributed by atoms with Crippen molar-refractivity contribution in [2.45, 2.75) is 6.04 Å². The van der Waals surface area contributed by atoms with Gasteiger partial charge in [0.1, 0.15) is 5.75 Å². The number of benzene rings is 1. The van der Waals surface area contributed by atoms with E-state index in [0.29, 0.717) is 18.8 Å². The van der Waals surface area contributed by atoms with Crippen molar-refractivity contribution in [3.8, 4) is 5.75 Å². The van der Waals surface area contributed by atoms with Gasteiger partial charge < -0.3 is 14.1 Å². The number of nitrogens with zero attached hydrogens (tertiary/aromatic N) is 2. The molecule has 1 amide bonds. The standard InChI is InChI=1S/C17H20N2O3/c1-18-9-10-19(17(20)16-8-5-11-22-16)12-14(18)13-6-3-4-7-15(13)21-2/h3-8,11,14H,9-10,12H2,1-2H3. The molecule has 0 radical (unpaired) electrons. The minimum absolute atomic E-state index is 0.0574. The van der Waals surface area contributed by atoms with Crippen LogP contribution in [0.4, 0.5) is 0 Å². The maximum Gasteiger partial charge on any atom is 0.289 e. The summed E-state index contributed by atoms with van der Waals surface area (Å²) >= 11 is 0. The quantitative estimate of drug-likeness (QED) is 0.873. The van der Waals surface area contributed by atoms with Crippen LogP contribution < -0.4 is 4.74 Å². The zero-order valence-corrected chi connectivity index (χ0v) is 12.9. The number of carbonyl (C=O) groups excluding carboxylic acids is 1. The fourth-order valence-corrected chi connectivity index (χ4v) is 2.89. The van der Waals surface area contributed by atoms with Crippen LogP contribution in [0.1, 0.15) is 22.2 Å². The van der Waals surface area contributed by atoms with Crippen LogP contribution in [0, 0.1) is 0 Å². The molecule has 2 aromatic rings. The summed E-state index contributed by atoms with van der Waals surface area (Å²) in [6, 6.07) is 11.5. The van der Waals surface area contributed by atoms with Crippen LogP contribution >= 0.6 is 0 Å². The van der Waals surface area contributed by atoms with Gasteiger partial charge >= 0.3 is 0 Å². The van der Waals surface area contributed by atoms with Crippen molar-refractivity contribution >= 4 is 5.91 Å². The number of likely N-dealkylation sites (N-methyl/N-ethyl adjacent to an activating group) is 1. The van der Waals surface area contributed by atoms with Gasteiger partial charge in [0, 0.05) is 25.2 Å². The van der Waals surface area contributed by atoms with E-state index < -0.39 is 0 Å². The fourth-order valence-electron chi connectivity index (χ4n) is 2.89. The molecular formula is C17H20N2O3. The van der Waals surface area contributed by atoms with Crippen molar-refractivity contribution in [3.05, 3.63) is 54.0 Å². The topological polar surface area (TPSA) is 45.9 Å². The maximum atomic E-state index is 12.5. The largest absolute Gasteiger partial charge is 0.496 e. The molecule has 1 unspecified atom stereocenters. The lowest BCUT2D eigenvalue weighted by molar-refractivity contribution is 0.0513. The molecule has 0 aliphatic carbocycles. The molecule has 22 heavy (non-hydrogen) atoms. The van der Waals surface area contributed by atoms with Gasteiger partial charge in [-0.05, 0) is 25.2 Å². The summed E-state index contributed by atoms with van der Waals surface area (Å²) in [5, 5.41) is 0. The lowest BCUT2D eigenvalue weighted by Gasteiger charge is -2.39. The van der Waals surface area contributed by atoms with Crippen LogP contribution in [0.15, 0.2) is 47.1 Å². The van der Waals surface area contributed by atoms with E-state index in [1.165, 1.54) is 6.26 Å². The predicted molar refractivity (Wildman–Crippen MR) is 83.0 cm³/mol. The Bertz CT molecular complexity index is 639. The second kappa shape index (κ2) is 6.23. The zero-order chi connectivity index (χ0) is 15.5. The SMILES string of the molecule is COc1ccccc1C1CN(C(=O)c2ccco2)CCN1C. The predicted octanol–water partition coefficient (Wildman–Crippen LogP) is 2.42. The normalized spacial score (nSPS) is 19.2. The number of carbonyl (C=O) groups is 1. The molecule has 1 atom stereocenters. The van der Waals surface area contributed by atoms with E-state index in [-0.39, 0.29) is 11.9 Å². The van der Waals surface area contributed by atoms with Crippen molar-refractivity contribution in [1.82, 2.24) is 9.80 Å². The molecule has 5 heteroatoms. The zero-order valence-electron chi connectivity index (χ0n) is 12.9. The van der Waals surface area contributed by atoms with Gasteiger partial charge in [-0.25, -0.2) is 0 Å². The van der Waals surface area contributed by atoms with Crippen molar-refractivity contribution in [2.75, 3.05) is 33.8 Å². The third-order valence-electron chi connectivity index (χ3n) is 4.17. The highest BCUT2D eigenvalue weighted by atomic mass is 16.5. The van der Waals surface area contributed by atoms with Crippen molar-refractivity contribution in [2.24, 2.45) is 0 Å². The second-order valence-corrected chi connectivity index (χ2v) is 5.47. The summed E-state index contributed by atoms with van der Waals surface area (Å²) in [6.07, 6.45) is 1.53. The van der Waals surface area contributed by atoms with E-state index in [1.54, 1.807) is 19.2 Å². The van der Waals surface area contributed by atoms with Crippen molar-refractivity contribution in [1.29, 1.82) is 0 Å². The third kappa shape index (κ3) is 2.72.